The standard InChI is InChI=1S/C6H9NO3.ClH/c7-4-2-1-3-10-5(4)6(8)9;/h1-2,4-5H,3,7H2,(H,8,9);1H/t4-,5+;/m0./s1. The van der Waals surface area contributed by atoms with E-state index in [1.54, 1.807) is 12.2 Å². The van der Waals surface area contributed by atoms with Crippen LogP contribution in [0.25, 0.3) is 0 Å². The second kappa shape index (κ2) is 4.33. The number of hydrogen-bond acceptors (Lipinski definition) is 3. The number of carboxylic acids is 1. The minimum Gasteiger partial charge on any atom is -0.479 e. The molecule has 1 heterocycles. The zero-order valence-corrected chi connectivity index (χ0v) is 6.58. The van der Waals surface area contributed by atoms with Gasteiger partial charge in [0.2, 0.25) is 0 Å². The number of halogens is 1. The van der Waals surface area contributed by atoms with Gasteiger partial charge in [-0.25, -0.2) is 4.79 Å². The van der Waals surface area contributed by atoms with Gasteiger partial charge in [-0.15, -0.1) is 12.4 Å². The molecule has 2 atom stereocenters. The number of aliphatic carboxylic acids is 1. The van der Waals surface area contributed by atoms with Crippen LogP contribution in [0.2, 0.25) is 0 Å². The molecule has 5 heteroatoms. The van der Waals surface area contributed by atoms with Gasteiger partial charge in [0, 0.05) is 0 Å². The number of rotatable bonds is 1. The van der Waals surface area contributed by atoms with Crippen molar-refractivity contribution in [3.05, 3.63) is 12.2 Å². The first kappa shape index (κ1) is 10.4. The first-order valence-electron chi connectivity index (χ1n) is 2.98. The van der Waals surface area contributed by atoms with Crippen molar-refractivity contribution in [3.8, 4) is 0 Å². The predicted molar refractivity (Wildman–Crippen MR) is 41.7 cm³/mol. The monoisotopic (exact) mass is 179 g/mol. The van der Waals surface area contributed by atoms with Gasteiger partial charge in [-0.3, -0.25) is 0 Å². The Kier molecular flexibility index (Phi) is 4.10. The minimum absolute atomic E-state index is 0. The highest BCUT2D eigenvalue weighted by atomic mass is 35.5. The summed E-state index contributed by atoms with van der Waals surface area (Å²) in [6.45, 7) is 0.338. The van der Waals surface area contributed by atoms with E-state index < -0.39 is 18.1 Å². The minimum atomic E-state index is -1.00. The average Bonchev–Trinajstić information content (AvgIpc) is 1.88. The molecule has 64 valence electrons. The molecule has 1 aliphatic heterocycles. The van der Waals surface area contributed by atoms with Crippen LogP contribution in [0.15, 0.2) is 12.2 Å². The van der Waals surface area contributed by atoms with Crippen molar-refractivity contribution in [1.82, 2.24) is 0 Å². The molecule has 1 aliphatic rings. The van der Waals surface area contributed by atoms with E-state index in [9.17, 15) is 4.79 Å². The number of carbonyl (C=O) groups is 1. The van der Waals surface area contributed by atoms with Crippen LogP contribution in [0, 0.1) is 0 Å². The Bertz CT molecular complexity index is 171. The maximum Gasteiger partial charge on any atom is 0.334 e. The van der Waals surface area contributed by atoms with Crippen LogP contribution in [0.1, 0.15) is 0 Å². The van der Waals surface area contributed by atoms with Crippen LogP contribution < -0.4 is 5.73 Å². The summed E-state index contributed by atoms with van der Waals surface area (Å²) in [6, 6.07) is -0.508. The molecular weight excluding hydrogens is 170 g/mol. The molecule has 1 rings (SSSR count). The molecule has 3 N–H and O–H groups in total. The Morgan fingerprint density at radius 1 is 1.73 bits per heavy atom. The summed E-state index contributed by atoms with van der Waals surface area (Å²) in [5.41, 5.74) is 5.39. The maximum atomic E-state index is 10.3. The zero-order chi connectivity index (χ0) is 7.56. The predicted octanol–water partition coefficient (Wildman–Crippen LogP) is -0.225. The first-order valence-corrected chi connectivity index (χ1v) is 2.98. The third-order valence-electron chi connectivity index (χ3n) is 1.32. The maximum absolute atomic E-state index is 10.3. The quantitative estimate of drug-likeness (QED) is 0.546. The number of nitrogens with two attached hydrogens (primary N) is 1. The Morgan fingerprint density at radius 3 is 2.73 bits per heavy atom. The SMILES string of the molecule is Cl.N[C@H]1C=CCO[C@H]1C(=O)O. The fraction of sp³-hybridized carbons (Fsp3) is 0.500. The lowest BCUT2D eigenvalue weighted by atomic mass is 10.1. The Labute approximate surface area is 70.4 Å². The number of hydrogen-bond donors (Lipinski definition) is 2. The van der Waals surface area contributed by atoms with Gasteiger partial charge < -0.3 is 15.6 Å². The Hall–Kier alpha value is -0.580. The lowest BCUT2D eigenvalue weighted by Crippen LogP contribution is -2.43. The Balaban J connectivity index is 0.000001000. The molecule has 0 aromatic carbocycles. The van der Waals surface area contributed by atoms with E-state index in [0.29, 0.717) is 6.61 Å². The molecule has 0 aromatic heterocycles. The van der Waals surface area contributed by atoms with Gasteiger partial charge in [0.05, 0.1) is 12.6 Å². The van der Waals surface area contributed by atoms with E-state index >= 15 is 0 Å². The highest BCUT2D eigenvalue weighted by Gasteiger charge is 2.25. The summed E-state index contributed by atoms with van der Waals surface area (Å²) in [5, 5.41) is 8.47. The molecule has 11 heavy (non-hydrogen) atoms. The van der Waals surface area contributed by atoms with Crippen LogP contribution in [0.4, 0.5) is 0 Å². The molecule has 0 saturated heterocycles. The summed E-state index contributed by atoms with van der Waals surface area (Å²) in [5.74, 6) is -1.00. The van der Waals surface area contributed by atoms with Crippen LogP contribution in [0.5, 0.6) is 0 Å². The summed E-state index contributed by atoms with van der Waals surface area (Å²) in [4.78, 5) is 10.3. The lowest BCUT2D eigenvalue weighted by molar-refractivity contribution is -0.150. The fourth-order valence-electron chi connectivity index (χ4n) is 0.820. The molecule has 0 fully saturated rings. The van der Waals surface area contributed by atoms with E-state index in [0.717, 1.165) is 0 Å². The van der Waals surface area contributed by atoms with Gasteiger partial charge >= 0.3 is 5.97 Å². The second-order valence-corrected chi connectivity index (χ2v) is 2.10. The van der Waals surface area contributed by atoms with Crippen molar-refractivity contribution in [2.45, 2.75) is 12.1 Å². The average molecular weight is 180 g/mol. The van der Waals surface area contributed by atoms with Crippen LogP contribution in [0.3, 0.4) is 0 Å². The van der Waals surface area contributed by atoms with Crippen LogP contribution >= 0.6 is 12.4 Å². The Morgan fingerprint density at radius 2 is 2.36 bits per heavy atom. The molecule has 0 saturated carbocycles. The van der Waals surface area contributed by atoms with Crippen molar-refractivity contribution in [3.63, 3.8) is 0 Å². The molecule has 4 nitrogen and oxygen atoms in total. The van der Waals surface area contributed by atoms with Crippen LogP contribution in [-0.2, 0) is 9.53 Å². The molecular formula is C6H10ClNO3. The number of carboxylic acid groups (broad SMARTS) is 1. The third-order valence-corrected chi connectivity index (χ3v) is 1.32. The van der Waals surface area contributed by atoms with E-state index in [2.05, 4.69) is 0 Å². The molecule has 0 radical (unpaired) electrons. The van der Waals surface area contributed by atoms with E-state index in [1.165, 1.54) is 0 Å². The first-order chi connectivity index (χ1) is 4.72. The molecule has 0 spiro atoms. The topological polar surface area (TPSA) is 72.5 Å². The summed E-state index contributed by atoms with van der Waals surface area (Å²) >= 11 is 0. The van der Waals surface area contributed by atoms with Gasteiger partial charge in [-0.1, -0.05) is 12.2 Å². The fourth-order valence-corrected chi connectivity index (χ4v) is 0.820. The molecule has 0 amide bonds. The van der Waals surface area contributed by atoms with Gasteiger partial charge in [0.15, 0.2) is 6.10 Å². The molecule has 0 bridgehead atoms. The van der Waals surface area contributed by atoms with E-state index in [-0.39, 0.29) is 12.4 Å². The van der Waals surface area contributed by atoms with Gasteiger partial charge in [0.25, 0.3) is 0 Å². The summed E-state index contributed by atoms with van der Waals surface area (Å²) < 4.78 is 4.84. The van der Waals surface area contributed by atoms with Crippen molar-refractivity contribution in [2.75, 3.05) is 6.61 Å². The largest absolute Gasteiger partial charge is 0.479 e. The van der Waals surface area contributed by atoms with E-state index in [4.69, 9.17) is 15.6 Å². The zero-order valence-electron chi connectivity index (χ0n) is 5.77. The van der Waals surface area contributed by atoms with E-state index in [1.807, 2.05) is 0 Å². The van der Waals surface area contributed by atoms with Gasteiger partial charge in [-0.05, 0) is 0 Å². The van der Waals surface area contributed by atoms with Gasteiger partial charge in [-0.2, -0.15) is 0 Å². The summed E-state index contributed by atoms with van der Waals surface area (Å²) in [7, 11) is 0. The molecule has 0 aliphatic carbocycles. The van der Waals surface area contributed by atoms with Crippen molar-refractivity contribution < 1.29 is 14.6 Å². The third kappa shape index (κ3) is 2.49. The highest BCUT2D eigenvalue weighted by Crippen LogP contribution is 2.04. The van der Waals surface area contributed by atoms with Gasteiger partial charge in [0.1, 0.15) is 0 Å². The van der Waals surface area contributed by atoms with Crippen molar-refractivity contribution in [2.24, 2.45) is 5.73 Å². The number of ether oxygens (including phenoxy) is 1. The molecule has 0 aromatic rings. The van der Waals surface area contributed by atoms with Crippen molar-refractivity contribution >= 4 is 18.4 Å². The summed E-state index contributed by atoms with van der Waals surface area (Å²) in [6.07, 6.45) is 2.48. The smallest absolute Gasteiger partial charge is 0.334 e. The van der Waals surface area contributed by atoms with Crippen LogP contribution in [-0.4, -0.2) is 29.8 Å². The molecule has 0 unspecified atom stereocenters. The highest BCUT2D eigenvalue weighted by molar-refractivity contribution is 5.85. The lowest BCUT2D eigenvalue weighted by Gasteiger charge is -2.20. The second-order valence-electron chi connectivity index (χ2n) is 2.10. The van der Waals surface area contributed by atoms with Crippen molar-refractivity contribution in [1.29, 1.82) is 0 Å². The normalized spacial score (nSPS) is 29.2.